The summed E-state index contributed by atoms with van der Waals surface area (Å²) in [5.41, 5.74) is -6.91. The van der Waals surface area contributed by atoms with Crippen LogP contribution in [-0.4, -0.2) is 133 Å². The van der Waals surface area contributed by atoms with Gasteiger partial charge in [-0.2, -0.15) is 0 Å². The molecular formula is C36H45NO13. The Morgan fingerprint density at radius 2 is 1.78 bits per heavy atom. The van der Waals surface area contributed by atoms with E-state index in [9.17, 15) is 29.7 Å². The van der Waals surface area contributed by atoms with E-state index in [-0.39, 0.29) is 24.0 Å². The minimum atomic E-state index is -2.00. The van der Waals surface area contributed by atoms with Gasteiger partial charge in [-0.25, -0.2) is 9.59 Å². The third kappa shape index (κ3) is 3.78. The van der Waals surface area contributed by atoms with E-state index >= 15 is 0 Å². The van der Waals surface area contributed by atoms with Crippen LogP contribution in [0.2, 0.25) is 0 Å². The van der Waals surface area contributed by atoms with Gasteiger partial charge in [0.2, 0.25) is 0 Å². The van der Waals surface area contributed by atoms with E-state index < -0.39 is 106 Å². The van der Waals surface area contributed by atoms with E-state index in [1.54, 1.807) is 45.6 Å². The highest BCUT2D eigenvalue weighted by atomic mass is 16.6. The van der Waals surface area contributed by atoms with Crippen molar-refractivity contribution < 1.29 is 57.7 Å². The Morgan fingerprint density at radius 1 is 1.04 bits per heavy atom. The van der Waals surface area contributed by atoms with Crippen LogP contribution in [0.15, 0.2) is 39.5 Å². The fourth-order valence-electron chi connectivity index (χ4n) is 12.5. The first kappa shape index (κ1) is 34.2. The lowest BCUT2D eigenvalue weighted by Gasteiger charge is -2.69. The Morgan fingerprint density at radius 3 is 2.42 bits per heavy atom. The van der Waals surface area contributed by atoms with Crippen molar-refractivity contribution in [3.63, 3.8) is 0 Å². The molecule has 1 aromatic carbocycles. The molecular weight excluding hydrogens is 654 g/mol. The Labute approximate surface area is 288 Å². The molecule has 1 saturated heterocycles. The molecule has 7 bridgehead atoms. The molecule has 6 unspecified atom stereocenters. The van der Waals surface area contributed by atoms with Gasteiger partial charge in [0, 0.05) is 82.9 Å². The SMILES string of the molecule is CCN1C[C@@]2(OC)C3[C@@H](OC)C4C1C3(C1C[C@@]3(O)[C@H](OC(=O)c5cc6ccccc6oc5=O)C1[C@]4(OC(C)=O)[C@@H](O)[C@@H]3OC)[C@@H](OC)C[C@H]2O. The summed E-state index contributed by atoms with van der Waals surface area (Å²) >= 11 is 0. The molecule has 5 aliphatic carbocycles. The maximum absolute atomic E-state index is 14.1. The predicted octanol–water partition coefficient (Wildman–Crippen LogP) is 0.507. The van der Waals surface area contributed by atoms with E-state index in [4.69, 9.17) is 32.8 Å². The molecule has 6 aliphatic rings. The zero-order valence-electron chi connectivity index (χ0n) is 28.9. The summed E-state index contributed by atoms with van der Waals surface area (Å²) in [5, 5.41) is 37.8. The Bertz CT molecular complexity index is 1780. The van der Waals surface area contributed by atoms with Crippen LogP contribution in [0.4, 0.5) is 0 Å². The smallest absolute Gasteiger partial charge is 0.351 e. The minimum Gasteiger partial charge on any atom is -0.455 e. The van der Waals surface area contributed by atoms with Crippen LogP contribution in [-0.2, 0) is 33.2 Å². The first-order valence-corrected chi connectivity index (χ1v) is 17.3. The molecule has 50 heavy (non-hydrogen) atoms. The minimum absolute atomic E-state index is 0.0516. The van der Waals surface area contributed by atoms with Crippen LogP contribution in [0.3, 0.4) is 0 Å². The van der Waals surface area contributed by atoms with Gasteiger partial charge >= 0.3 is 17.6 Å². The van der Waals surface area contributed by atoms with E-state index in [1.165, 1.54) is 20.1 Å². The van der Waals surface area contributed by atoms with Gasteiger partial charge in [0.1, 0.15) is 40.7 Å². The largest absolute Gasteiger partial charge is 0.455 e. The topological polar surface area (TPSA) is 184 Å². The molecule has 1 spiro atoms. The second-order valence-corrected chi connectivity index (χ2v) is 15.0. The van der Waals surface area contributed by atoms with Gasteiger partial charge in [-0.15, -0.1) is 0 Å². The molecule has 1 aliphatic heterocycles. The van der Waals surface area contributed by atoms with Gasteiger partial charge < -0.3 is 48.2 Å². The number of likely N-dealkylation sites (tertiary alicyclic amines) is 1. The summed E-state index contributed by atoms with van der Waals surface area (Å²) < 4.78 is 43.1. The quantitative estimate of drug-likeness (QED) is 0.256. The number of rotatable bonds is 8. The lowest BCUT2D eigenvalue weighted by atomic mass is 9.44. The van der Waals surface area contributed by atoms with Crippen molar-refractivity contribution in [1.29, 1.82) is 0 Å². The molecule has 14 heteroatoms. The Kier molecular flexibility index (Phi) is 7.70. The lowest BCUT2D eigenvalue weighted by molar-refractivity contribution is -0.328. The number of benzene rings is 1. The number of nitrogens with zero attached hydrogens (tertiary/aromatic N) is 1. The van der Waals surface area contributed by atoms with Crippen LogP contribution in [0, 0.1) is 29.1 Å². The highest BCUT2D eigenvalue weighted by molar-refractivity contribution is 5.93. The number of hydrogen-bond acceptors (Lipinski definition) is 14. The summed E-state index contributed by atoms with van der Waals surface area (Å²) in [6.45, 7) is 4.08. The molecule has 5 saturated carbocycles. The molecule has 1 aromatic heterocycles. The number of carbonyl (C=O) groups excluding carboxylic acids is 2. The number of aliphatic hydroxyl groups excluding tert-OH is 2. The second-order valence-electron chi connectivity index (χ2n) is 15.0. The number of likely N-dealkylation sites (N-methyl/N-ethyl adjacent to an activating group) is 1. The molecule has 3 N–H and O–H groups in total. The zero-order chi connectivity index (χ0) is 35.7. The maximum Gasteiger partial charge on any atom is 0.351 e. The molecule has 8 rings (SSSR count). The average Bonchev–Trinajstić information content (AvgIpc) is 3.46. The third-order valence-electron chi connectivity index (χ3n) is 13.7. The monoisotopic (exact) mass is 699 g/mol. The van der Waals surface area contributed by atoms with Crippen molar-refractivity contribution in [3.05, 3.63) is 46.3 Å². The number of piperidine rings is 1. The van der Waals surface area contributed by atoms with E-state index in [0.717, 1.165) is 0 Å². The van der Waals surface area contributed by atoms with E-state index in [2.05, 4.69) is 4.90 Å². The highest BCUT2D eigenvalue weighted by Gasteiger charge is 2.92. The second kappa shape index (κ2) is 11.3. The first-order valence-electron chi connectivity index (χ1n) is 17.3. The van der Waals surface area contributed by atoms with Crippen molar-refractivity contribution in [2.75, 3.05) is 41.5 Å². The lowest BCUT2D eigenvalue weighted by Crippen LogP contribution is -2.82. The number of carbonyl (C=O) groups is 2. The molecule has 14 nitrogen and oxygen atoms in total. The van der Waals surface area contributed by atoms with E-state index in [0.29, 0.717) is 18.5 Å². The number of fused-ring (bicyclic) bond motifs is 3. The van der Waals surface area contributed by atoms with E-state index in [1.807, 2.05) is 6.92 Å². The highest BCUT2D eigenvalue weighted by Crippen LogP contribution is 2.79. The van der Waals surface area contributed by atoms with Crippen LogP contribution in [0.5, 0.6) is 0 Å². The van der Waals surface area contributed by atoms with Crippen LogP contribution in [0.25, 0.3) is 11.0 Å². The van der Waals surface area contributed by atoms with Crippen molar-refractivity contribution in [2.24, 2.45) is 29.1 Å². The first-order chi connectivity index (χ1) is 23.9. The molecule has 2 aromatic rings. The van der Waals surface area contributed by atoms with Gasteiger partial charge in [-0.3, -0.25) is 9.69 Å². The molecule has 0 amide bonds. The van der Waals surface area contributed by atoms with Gasteiger partial charge in [-0.1, -0.05) is 25.1 Å². The number of aliphatic hydroxyl groups is 3. The molecule has 0 radical (unpaired) electrons. The van der Waals surface area contributed by atoms with Gasteiger partial charge in [0.25, 0.3) is 0 Å². The molecule has 6 fully saturated rings. The van der Waals surface area contributed by atoms with Crippen molar-refractivity contribution in [3.8, 4) is 0 Å². The normalized spacial score (nSPS) is 46.9. The Hall–Kier alpha value is -2.95. The summed E-state index contributed by atoms with van der Waals surface area (Å²) in [4.78, 5) is 42.7. The average molecular weight is 700 g/mol. The van der Waals surface area contributed by atoms with Crippen LogP contribution in [0.1, 0.15) is 37.0 Å². The van der Waals surface area contributed by atoms with Gasteiger partial charge in [0.05, 0.1) is 18.3 Å². The number of methoxy groups -OCH3 is 4. The van der Waals surface area contributed by atoms with Crippen molar-refractivity contribution in [1.82, 2.24) is 4.90 Å². The third-order valence-corrected chi connectivity index (χ3v) is 13.7. The number of hydrogen-bond donors (Lipinski definition) is 3. The summed E-state index contributed by atoms with van der Waals surface area (Å²) in [5.74, 6) is -4.75. The van der Waals surface area contributed by atoms with Crippen molar-refractivity contribution >= 4 is 22.9 Å². The number of ether oxygens (including phenoxy) is 6. The van der Waals surface area contributed by atoms with Crippen molar-refractivity contribution in [2.45, 2.75) is 86.2 Å². The van der Waals surface area contributed by atoms with Crippen LogP contribution >= 0.6 is 0 Å². The molecule has 2 heterocycles. The summed E-state index contributed by atoms with van der Waals surface area (Å²) in [6, 6.07) is 7.67. The Balaban J connectivity index is 1.38. The zero-order valence-corrected chi connectivity index (χ0v) is 28.9. The molecule has 15 atom stereocenters. The van der Waals surface area contributed by atoms with Gasteiger partial charge in [0.15, 0.2) is 5.60 Å². The summed E-state index contributed by atoms with van der Waals surface area (Å²) in [6.07, 6.45) is -6.58. The van der Waals surface area contributed by atoms with Crippen LogP contribution < -0.4 is 5.63 Å². The summed E-state index contributed by atoms with van der Waals surface area (Å²) in [7, 11) is 6.03. The number of para-hydroxylation sites is 1. The standard InChI is InChI=1S/C36H45NO13/c1-7-37-15-34(47-6)21(39)13-22(44-3)35-19-14-33(43)29(49-32(42)18-12-17-10-8-9-11-20(17)48-31(18)41)23(19)36(50-16(2)38,28(40)30(33)46-5)24(27(35)37)25(45-4)26(34)35/h8-12,19,21-30,39-40,43H,7,13-15H2,1-6H3/t19?,21-,22+,23?,24?,25+,26?,27?,28+,29-,30+,33-,34+,35?,36-/m1/s1. The fraction of sp³-hybridized carbons (Fsp3) is 0.694. The number of esters is 2. The molecule has 272 valence electrons. The van der Waals surface area contributed by atoms with Gasteiger partial charge in [-0.05, 0) is 31.0 Å². The fourth-order valence-corrected chi connectivity index (χ4v) is 12.5. The predicted molar refractivity (Wildman–Crippen MR) is 172 cm³/mol. The maximum atomic E-state index is 14.1.